The molecule has 0 saturated heterocycles. The average molecular weight is 256 g/mol. The molecule has 0 aromatic heterocycles. The number of benzene rings is 2. The maximum Gasteiger partial charge on any atom is 0.0991 e. The smallest absolute Gasteiger partial charge is 0.0991 e. The Kier molecular flexibility index (Phi) is 5.86. The van der Waals surface area contributed by atoms with E-state index in [0.717, 1.165) is 11.1 Å². The second kappa shape index (κ2) is 7.93. The summed E-state index contributed by atoms with van der Waals surface area (Å²) in [5, 5.41) is 16.8. The Balaban J connectivity index is 0.000000200. The summed E-state index contributed by atoms with van der Waals surface area (Å²) >= 11 is 0. The summed E-state index contributed by atoms with van der Waals surface area (Å²) < 4.78 is 0. The van der Waals surface area contributed by atoms with E-state index in [1.165, 1.54) is 0 Å². The summed E-state index contributed by atoms with van der Waals surface area (Å²) in [6.07, 6.45) is 6.86. The molecule has 2 rings (SSSR count). The van der Waals surface area contributed by atoms with Gasteiger partial charge in [0.25, 0.3) is 0 Å². The molecule has 2 aromatic carbocycles. The molecule has 0 unspecified atom stereocenters. The highest BCUT2D eigenvalue weighted by molar-refractivity contribution is 5.48. The van der Waals surface area contributed by atoms with E-state index in [-0.39, 0.29) is 0 Å². The molecule has 2 heteroatoms. The van der Waals surface area contributed by atoms with Crippen LogP contribution in [0.1, 0.15) is 22.3 Å². The van der Waals surface area contributed by atoms with Crippen molar-refractivity contribution in [2.75, 3.05) is 0 Å². The molecule has 0 aliphatic carbocycles. The summed E-state index contributed by atoms with van der Waals surface area (Å²) in [5.74, 6) is 2.47. The van der Waals surface area contributed by atoms with Crippen LogP contribution >= 0.6 is 0 Å². The molecule has 0 spiro atoms. The Morgan fingerprint density at radius 3 is 1.55 bits per heavy atom. The fourth-order valence-corrected chi connectivity index (χ4v) is 1.33. The largest absolute Gasteiger partial charge is 0.192 e. The zero-order valence-corrected chi connectivity index (χ0v) is 10.9. The van der Waals surface area contributed by atoms with Crippen molar-refractivity contribution in [3.05, 3.63) is 77.4 Å². The van der Waals surface area contributed by atoms with Gasteiger partial charge in [0.1, 0.15) is 0 Å². The van der Waals surface area contributed by atoms with E-state index < -0.39 is 0 Å². The minimum absolute atomic E-state index is 0.638. The highest BCUT2D eigenvalue weighted by atomic mass is 14.2. The molecular weight excluding hydrogens is 244 g/mol. The lowest BCUT2D eigenvalue weighted by Crippen LogP contribution is -1.74. The Hall–Kier alpha value is -3.28. The van der Waals surface area contributed by atoms with Crippen molar-refractivity contribution < 1.29 is 0 Å². The van der Waals surface area contributed by atoms with Crippen LogP contribution in [0.25, 0.3) is 6.08 Å². The minimum Gasteiger partial charge on any atom is -0.192 e. The summed E-state index contributed by atoms with van der Waals surface area (Å²) in [6.45, 7) is 3.60. The van der Waals surface area contributed by atoms with Gasteiger partial charge in [-0.2, -0.15) is 10.5 Å². The van der Waals surface area contributed by atoms with Crippen LogP contribution < -0.4 is 0 Å². The zero-order chi connectivity index (χ0) is 14.8. The lowest BCUT2D eigenvalue weighted by molar-refractivity contribution is 1.48. The average Bonchev–Trinajstić information content (AvgIpc) is 2.55. The first-order chi connectivity index (χ1) is 9.73. The highest BCUT2D eigenvalue weighted by Gasteiger charge is 1.87. The molecule has 2 aromatic rings. The van der Waals surface area contributed by atoms with Gasteiger partial charge in [-0.25, -0.2) is 0 Å². The van der Waals surface area contributed by atoms with Crippen LogP contribution in [0.15, 0.2) is 55.1 Å². The lowest BCUT2D eigenvalue weighted by Gasteiger charge is -1.89. The third-order valence-electron chi connectivity index (χ3n) is 2.46. The van der Waals surface area contributed by atoms with Crippen LogP contribution in [-0.4, -0.2) is 0 Å². The second-order valence-corrected chi connectivity index (χ2v) is 3.77. The Morgan fingerprint density at radius 2 is 1.20 bits per heavy atom. The summed E-state index contributed by atoms with van der Waals surface area (Å²) in [6, 6.07) is 18.2. The van der Waals surface area contributed by atoms with Gasteiger partial charge in [0, 0.05) is 5.56 Å². The fraction of sp³-hybridized carbons (Fsp3) is 0. The zero-order valence-electron chi connectivity index (χ0n) is 10.9. The third kappa shape index (κ3) is 4.53. The Labute approximate surface area is 119 Å². The van der Waals surface area contributed by atoms with E-state index >= 15 is 0 Å². The third-order valence-corrected chi connectivity index (χ3v) is 2.46. The van der Waals surface area contributed by atoms with E-state index in [2.05, 4.69) is 12.5 Å². The van der Waals surface area contributed by atoms with Crippen molar-refractivity contribution in [3.63, 3.8) is 0 Å². The minimum atomic E-state index is 0.638. The van der Waals surface area contributed by atoms with Crippen molar-refractivity contribution >= 4 is 6.08 Å². The van der Waals surface area contributed by atoms with Crippen molar-refractivity contribution in [2.24, 2.45) is 0 Å². The quantitative estimate of drug-likeness (QED) is 0.730. The molecule has 0 radical (unpaired) electrons. The summed E-state index contributed by atoms with van der Waals surface area (Å²) in [5.41, 5.74) is 3.17. The van der Waals surface area contributed by atoms with Gasteiger partial charge >= 0.3 is 0 Å². The molecule has 0 heterocycles. The highest BCUT2D eigenvalue weighted by Crippen LogP contribution is 2.03. The predicted octanol–water partition coefficient (Wildman–Crippen LogP) is 3.74. The Morgan fingerprint density at radius 1 is 0.800 bits per heavy atom. The van der Waals surface area contributed by atoms with Crippen LogP contribution in [0.2, 0.25) is 0 Å². The molecule has 0 N–H and O–H groups in total. The van der Waals surface area contributed by atoms with Crippen LogP contribution in [0.3, 0.4) is 0 Å². The number of hydrogen-bond acceptors (Lipinski definition) is 2. The number of rotatable bonds is 1. The first-order valence-corrected chi connectivity index (χ1v) is 5.83. The van der Waals surface area contributed by atoms with Crippen molar-refractivity contribution in [2.45, 2.75) is 0 Å². The number of hydrogen-bond donors (Lipinski definition) is 0. The van der Waals surface area contributed by atoms with E-state index in [1.54, 1.807) is 42.5 Å². The SMILES string of the molecule is C#Cc1ccc(C#N)cc1.C=Cc1ccc(C#N)cc1. The summed E-state index contributed by atoms with van der Waals surface area (Å²) in [4.78, 5) is 0. The van der Waals surface area contributed by atoms with Crippen molar-refractivity contribution in [1.82, 2.24) is 0 Å². The molecule has 94 valence electrons. The molecule has 0 atom stereocenters. The molecule has 0 amide bonds. The Bertz CT molecular complexity index is 655. The van der Waals surface area contributed by atoms with Gasteiger partial charge in [0.2, 0.25) is 0 Å². The molecule has 0 saturated carbocycles. The van der Waals surface area contributed by atoms with Crippen LogP contribution in [0.4, 0.5) is 0 Å². The van der Waals surface area contributed by atoms with Crippen LogP contribution in [0.5, 0.6) is 0 Å². The standard InChI is InChI=1S/C9H7N.C9H5N/c2*1-2-8-3-5-9(7-10)6-4-8/h2-6H,1H2;1,3-6H. The molecular formula is C18H12N2. The normalized spacial score (nSPS) is 8.05. The van der Waals surface area contributed by atoms with E-state index in [4.69, 9.17) is 16.9 Å². The molecule has 20 heavy (non-hydrogen) atoms. The second-order valence-electron chi connectivity index (χ2n) is 3.77. The van der Waals surface area contributed by atoms with Crippen LogP contribution in [-0.2, 0) is 0 Å². The van der Waals surface area contributed by atoms with Crippen LogP contribution in [0, 0.1) is 35.0 Å². The van der Waals surface area contributed by atoms with Gasteiger partial charge in [-0.05, 0) is 42.0 Å². The lowest BCUT2D eigenvalue weighted by atomic mass is 10.1. The van der Waals surface area contributed by atoms with E-state index in [0.29, 0.717) is 11.1 Å². The fourth-order valence-electron chi connectivity index (χ4n) is 1.33. The monoisotopic (exact) mass is 256 g/mol. The maximum absolute atomic E-state index is 8.43. The van der Waals surface area contributed by atoms with Crippen molar-refractivity contribution in [3.8, 4) is 24.5 Å². The number of nitriles is 2. The molecule has 0 aliphatic heterocycles. The van der Waals surface area contributed by atoms with Gasteiger partial charge < -0.3 is 0 Å². The molecule has 2 nitrogen and oxygen atoms in total. The van der Waals surface area contributed by atoms with Gasteiger partial charge in [0.05, 0.1) is 23.3 Å². The molecule has 0 fully saturated rings. The summed E-state index contributed by atoms with van der Waals surface area (Å²) in [7, 11) is 0. The molecule has 0 bridgehead atoms. The topological polar surface area (TPSA) is 47.6 Å². The van der Waals surface area contributed by atoms with Gasteiger partial charge in [0.15, 0.2) is 0 Å². The van der Waals surface area contributed by atoms with Gasteiger partial charge in [-0.15, -0.1) is 6.42 Å². The predicted molar refractivity (Wildman–Crippen MR) is 80.3 cm³/mol. The van der Waals surface area contributed by atoms with E-state index in [1.807, 2.05) is 24.3 Å². The van der Waals surface area contributed by atoms with Gasteiger partial charge in [-0.1, -0.05) is 30.7 Å². The molecule has 0 aliphatic rings. The van der Waals surface area contributed by atoms with E-state index in [9.17, 15) is 0 Å². The maximum atomic E-state index is 8.43. The number of terminal acetylenes is 1. The number of nitrogens with zero attached hydrogens (tertiary/aromatic N) is 2. The van der Waals surface area contributed by atoms with Crippen molar-refractivity contribution in [1.29, 1.82) is 10.5 Å². The first-order valence-electron chi connectivity index (χ1n) is 5.83. The first kappa shape index (κ1) is 14.8. The van der Waals surface area contributed by atoms with Gasteiger partial charge in [-0.3, -0.25) is 0 Å².